The molecule has 4 heteroatoms. The molecular weight excluding hydrogens is 301 g/mol. The number of halogens is 2. The summed E-state index contributed by atoms with van der Waals surface area (Å²) in [6, 6.07) is 19.0. The average Bonchev–Trinajstić information content (AvgIpc) is 2.52. The molecule has 0 bridgehead atoms. The number of rotatable bonds is 3. The standard InChI is InChI=1S/C18H13ClFNO/c19-16-11-15(20)10-9-14(16)12-21-17(7-4-8-18(21)22)13-5-2-1-3-6-13/h1-11H,12H2. The van der Waals surface area contributed by atoms with E-state index in [-0.39, 0.29) is 5.56 Å². The van der Waals surface area contributed by atoms with Crippen molar-refractivity contribution in [2.24, 2.45) is 0 Å². The molecule has 110 valence electrons. The van der Waals surface area contributed by atoms with Crippen LogP contribution in [0.1, 0.15) is 5.56 Å². The van der Waals surface area contributed by atoms with Crippen molar-refractivity contribution >= 4 is 11.6 Å². The van der Waals surface area contributed by atoms with Crippen molar-refractivity contribution in [1.82, 2.24) is 4.57 Å². The molecule has 0 spiro atoms. The molecule has 0 aliphatic carbocycles. The molecule has 0 unspecified atom stereocenters. The second-order valence-corrected chi connectivity index (χ2v) is 5.34. The molecule has 0 atom stereocenters. The van der Waals surface area contributed by atoms with E-state index >= 15 is 0 Å². The maximum absolute atomic E-state index is 13.2. The van der Waals surface area contributed by atoms with E-state index in [2.05, 4.69) is 0 Å². The van der Waals surface area contributed by atoms with E-state index in [9.17, 15) is 9.18 Å². The first-order valence-electron chi connectivity index (χ1n) is 6.84. The summed E-state index contributed by atoms with van der Waals surface area (Å²) in [6.45, 7) is 0.295. The summed E-state index contributed by atoms with van der Waals surface area (Å²) in [4.78, 5) is 12.2. The summed E-state index contributed by atoms with van der Waals surface area (Å²) < 4.78 is 14.8. The first-order valence-corrected chi connectivity index (χ1v) is 7.22. The van der Waals surface area contributed by atoms with E-state index in [1.54, 1.807) is 16.7 Å². The second-order valence-electron chi connectivity index (χ2n) is 4.94. The van der Waals surface area contributed by atoms with E-state index < -0.39 is 5.82 Å². The fraction of sp³-hybridized carbons (Fsp3) is 0.0556. The van der Waals surface area contributed by atoms with Crippen LogP contribution in [0, 0.1) is 5.82 Å². The highest BCUT2D eigenvalue weighted by molar-refractivity contribution is 6.31. The molecular formula is C18H13ClFNO. The minimum absolute atomic E-state index is 0.123. The molecule has 2 aromatic carbocycles. The average molecular weight is 314 g/mol. The minimum Gasteiger partial charge on any atom is -0.304 e. The van der Waals surface area contributed by atoms with Gasteiger partial charge in [-0.15, -0.1) is 0 Å². The van der Waals surface area contributed by atoms with Crippen molar-refractivity contribution in [2.45, 2.75) is 6.54 Å². The Morgan fingerprint density at radius 2 is 1.73 bits per heavy atom. The van der Waals surface area contributed by atoms with Crippen molar-refractivity contribution < 1.29 is 4.39 Å². The molecule has 0 N–H and O–H groups in total. The van der Waals surface area contributed by atoms with Crippen LogP contribution in [0.15, 0.2) is 71.5 Å². The lowest BCUT2D eigenvalue weighted by molar-refractivity contribution is 0.626. The molecule has 0 aliphatic rings. The third kappa shape index (κ3) is 2.95. The molecule has 3 rings (SSSR count). The van der Waals surface area contributed by atoms with Gasteiger partial charge >= 0.3 is 0 Å². The monoisotopic (exact) mass is 313 g/mol. The highest BCUT2D eigenvalue weighted by Gasteiger charge is 2.09. The quantitative estimate of drug-likeness (QED) is 0.704. The Bertz CT molecular complexity index is 858. The lowest BCUT2D eigenvalue weighted by Crippen LogP contribution is -2.21. The van der Waals surface area contributed by atoms with Crippen LogP contribution in [0.25, 0.3) is 11.3 Å². The van der Waals surface area contributed by atoms with Crippen molar-refractivity contribution in [3.63, 3.8) is 0 Å². The maximum Gasteiger partial charge on any atom is 0.251 e. The third-order valence-corrected chi connectivity index (χ3v) is 3.81. The van der Waals surface area contributed by atoms with Gasteiger partial charge in [0.1, 0.15) is 5.82 Å². The molecule has 0 saturated heterocycles. The SMILES string of the molecule is O=c1cccc(-c2ccccc2)n1Cc1ccc(F)cc1Cl. The molecule has 0 aliphatic heterocycles. The fourth-order valence-corrected chi connectivity index (χ4v) is 2.59. The number of hydrogen-bond donors (Lipinski definition) is 0. The van der Waals surface area contributed by atoms with Crippen LogP contribution >= 0.6 is 11.6 Å². The van der Waals surface area contributed by atoms with Gasteiger partial charge in [-0.2, -0.15) is 0 Å². The molecule has 1 heterocycles. The van der Waals surface area contributed by atoms with Crippen molar-refractivity contribution in [3.05, 3.63) is 93.5 Å². The van der Waals surface area contributed by atoms with E-state index in [4.69, 9.17) is 11.6 Å². The molecule has 0 amide bonds. The lowest BCUT2D eigenvalue weighted by atomic mass is 10.1. The van der Waals surface area contributed by atoms with Crippen LogP contribution in [0.3, 0.4) is 0 Å². The summed E-state index contributed by atoms with van der Waals surface area (Å²) in [5.74, 6) is -0.391. The Balaban J connectivity index is 2.09. The third-order valence-electron chi connectivity index (χ3n) is 3.46. The largest absolute Gasteiger partial charge is 0.304 e. The fourth-order valence-electron chi connectivity index (χ4n) is 2.36. The summed E-state index contributed by atoms with van der Waals surface area (Å²) >= 11 is 6.07. The molecule has 2 nitrogen and oxygen atoms in total. The van der Waals surface area contributed by atoms with Gasteiger partial charge in [0.05, 0.1) is 12.2 Å². The molecule has 0 radical (unpaired) electrons. The summed E-state index contributed by atoms with van der Waals surface area (Å²) in [6.07, 6.45) is 0. The summed E-state index contributed by atoms with van der Waals surface area (Å²) in [7, 11) is 0. The number of nitrogens with zero attached hydrogens (tertiary/aromatic N) is 1. The van der Waals surface area contributed by atoms with E-state index in [0.717, 1.165) is 11.3 Å². The smallest absolute Gasteiger partial charge is 0.251 e. The van der Waals surface area contributed by atoms with Crippen molar-refractivity contribution in [3.8, 4) is 11.3 Å². The van der Waals surface area contributed by atoms with Gasteiger partial charge in [0.25, 0.3) is 5.56 Å². The van der Waals surface area contributed by atoms with Gasteiger partial charge in [-0.1, -0.05) is 54.1 Å². The first kappa shape index (κ1) is 14.5. The summed E-state index contributed by atoms with van der Waals surface area (Å²) in [5.41, 5.74) is 2.32. The Hall–Kier alpha value is -2.39. The van der Waals surface area contributed by atoms with Gasteiger partial charge in [-0.25, -0.2) is 4.39 Å². The van der Waals surface area contributed by atoms with Crippen LogP contribution < -0.4 is 5.56 Å². The zero-order valence-electron chi connectivity index (χ0n) is 11.7. The zero-order chi connectivity index (χ0) is 15.5. The van der Waals surface area contributed by atoms with Gasteiger partial charge in [0.15, 0.2) is 0 Å². The van der Waals surface area contributed by atoms with Crippen molar-refractivity contribution in [2.75, 3.05) is 0 Å². The molecule has 3 aromatic rings. The van der Waals surface area contributed by atoms with Crippen LogP contribution in [0.4, 0.5) is 4.39 Å². The topological polar surface area (TPSA) is 22.0 Å². The molecule has 22 heavy (non-hydrogen) atoms. The van der Waals surface area contributed by atoms with Gasteiger partial charge in [0, 0.05) is 11.1 Å². The Morgan fingerprint density at radius 3 is 2.45 bits per heavy atom. The van der Waals surface area contributed by atoms with Gasteiger partial charge in [-0.3, -0.25) is 4.79 Å². The maximum atomic E-state index is 13.2. The second kappa shape index (κ2) is 6.16. The van der Waals surface area contributed by atoms with E-state index in [1.165, 1.54) is 18.2 Å². The highest BCUT2D eigenvalue weighted by Crippen LogP contribution is 2.22. The number of pyridine rings is 1. The molecule has 0 fully saturated rings. The minimum atomic E-state index is -0.391. The van der Waals surface area contributed by atoms with E-state index in [1.807, 2.05) is 36.4 Å². The van der Waals surface area contributed by atoms with Gasteiger partial charge in [-0.05, 0) is 29.3 Å². The van der Waals surface area contributed by atoms with E-state index in [0.29, 0.717) is 17.1 Å². The highest BCUT2D eigenvalue weighted by atomic mass is 35.5. The van der Waals surface area contributed by atoms with Crippen molar-refractivity contribution in [1.29, 1.82) is 0 Å². The lowest BCUT2D eigenvalue weighted by Gasteiger charge is -2.14. The summed E-state index contributed by atoms with van der Waals surface area (Å²) in [5, 5.41) is 0.315. The van der Waals surface area contributed by atoms with Crippen LogP contribution in [-0.2, 0) is 6.54 Å². The predicted octanol–water partition coefficient (Wildman–Crippen LogP) is 4.36. The predicted molar refractivity (Wildman–Crippen MR) is 86.7 cm³/mol. The van der Waals surface area contributed by atoms with Gasteiger partial charge in [0.2, 0.25) is 0 Å². The Morgan fingerprint density at radius 1 is 0.955 bits per heavy atom. The number of aromatic nitrogens is 1. The number of benzene rings is 2. The Labute approximate surface area is 132 Å². The zero-order valence-corrected chi connectivity index (χ0v) is 12.4. The van der Waals surface area contributed by atoms with Crippen LogP contribution in [0.5, 0.6) is 0 Å². The number of hydrogen-bond acceptors (Lipinski definition) is 1. The van der Waals surface area contributed by atoms with Crippen LogP contribution in [-0.4, -0.2) is 4.57 Å². The van der Waals surface area contributed by atoms with Crippen LogP contribution in [0.2, 0.25) is 5.02 Å². The Kier molecular flexibility index (Phi) is 4.07. The first-order chi connectivity index (χ1) is 10.6. The normalized spacial score (nSPS) is 10.6. The molecule has 0 saturated carbocycles. The van der Waals surface area contributed by atoms with Gasteiger partial charge < -0.3 is 4.57 Å². The molecule has 1 aromatic heterocycles.